The lowest BCUT2D eigenvalue weighted by atomic mass is 9.98. The highest BCUT2D eigenvalue weighted by atomic mass is 19.1. The molecule has 0 fully saturated rings. The molecule has 0 bridgehead atoms. The molecule has 0 aliphatic carbocycles. The average molecular weight is 324 g/mol. The predicted octanol–water partition coefficient (Wildman–Crippen LogP) is 2.05. The van der Waals surface area contributed by atoms with Gasteiger partial charge in [0.05, 0.1) is 6.10 Å². The Kier molecular flexibility index (Phi) is 7.68. The molecule has 23 heavy (non-hydrogen) atoms. The van der Waals surface area contributed by atoms with E-state index in [1.807, 2.05) is 13.8 Å². The van der Waals surface area contributed by atoms with Crippen LogP contribution in [0, 0.1) is 11.7 Å². The topological polar surface area (TPSA) is 92.4 Å². The molecule has 0 saturated carbocycles. The van der Waals surface area contributed by atoms with Crippen molar-refractivity contribution in [3.63, 3.8) is 0 Å². The van der Waals surface area contributed by atoms with Gasteiger partial charge in [0.15, 0.2) is 0 Å². The molecule has 0 aliphatic heterocycles. The van der Waals surface area contributed by atoms with Crippen LogP contribution in [0.2, 0.25) is 0 Å². The molecular weight excluding hydrogens is 299 g/mol. The van der Waals surface area contributed by atoms with E-state index in [4.69, 9.17) is 5.73 Å². The van der Waals surface area contributed by atoms with Crippen molar-refractivity contribution in [3.8, 4) is 0 Å². The van der Waals surface area contributed by atoms with Crippen LogP contribution in [-0.2, 0) is 9.59 Å². The normalized spacial score (nSPS) is 14.8. The minimum atomic E-state index is -0.745. The summed E-state index contributed by atoms with van der Waals surface area (Å²) in [7, 11) is 0. The molecule has 5 nitrogen and oxygen atoms in total. The largest absolute Gasteiger partial charge is 0.388 e. The van der Waals surface area contributed by atoms with Gasteiger partial charge in [-0.1, -0.05) is 32.4 Å². The number of carbonyl (C=O) groups is 2. The SMILES string of the molecule is CC[C@H](C)[C@H](NC(=O)CCC[C@H](O)c1ccc(F)cc1)C(N)=O. The van der Waals surface area contributed by atoms with E-state index in [2.05, 4.69) is 5.32 Å². The first kappa shape index (κ1) is 19.1. The van der Waals surface area contributed by atoms with E-state index < -0.39 is 18.1 Å². The standard InChI is InChI=1S/C17H25FN2O3/c1-3-11(2)16(17(19)23)20-15(22)6-4-5-14(21)12-7-9-13(18)10-8-12/h7-11,14,16,21H,3-6H2,1-2H3,(H2,19,23)(H,20,22)/t11-,14-,16-/m0/s1. The van der Waals surface area contributed by atoms with Gasteiger partial charge in [-0.15, -0.1) is 0 Å². The van der Waals surface area contributed by atoms with Crippen molar-refractivity contribution in [2.75, 3.05) is 0 Å². The highest BCUT2D eigenvalue weighted by Crippen LogP contribution is 2.19. The van der Waals surface area contributed by atoms with Gasteiger partial charge in [-0.05, 0) is 36.5 Å². The minimum absolute atomic E-state index is 0.0266. The van der Waals surface area contributed by atoms with Crippen LogP contribution in [0.4, 0.5) is 4.39 Å². The quantitative estimate of drug-likeness (QED) is 0.649. The number of aliphatic hydroxyl groups excluding tert-OH is 1. The fourth-order valence-corrected chi connectivity index (χ4v) is 2.28. The first-order valence-electron chi connectivity index (χ1n) is 7.87. The van der Waals surface area contributed by atoms with Crippen molar-refractivity contribution in [2.24, 2.45) is 11.7 Å². The third-order valence-corrected chi connectivity index (χ3v) is 3.97. The Morgan fingerprint density at radius 3 is 2.43 bits per heavy atom. The maximum atomic E-state index is 12.8. The van der Waals surface area contributed by atoms with Crippen LogP contribution in [-0.4, -0.2) is 23.0 Å². The summed E-state index contributed by atoms with van der Waals surface area (Å²) in [4.78, 5) is 23.3. The maximum absolute atomic E-state index is 12.8. The van der Waals surface area contributed by atoms with E-state index in [0.717, 1.165) is 6.42 Å². The third-order valence-electron chi connectivity index (χ3n) is 3.97. The number of hydrogen-bond acceptors (Lipinski definition) is 3. The fourth-order valence-electron chi connectivity index (χ4n) is 2.28. The van der Waals surface area contributed by atoms with Crippen LogP contribution >= 0.6 is 0 Å². The van der Waals surface area contributed by atoms with Gasteiger partial charge in [-0.2, -0.15) is 0 Å². The molecule has 0 aromatic heterocycles. The second-order valence-corrected chi connectivity index (χ2v) is 5.79. The molecule has 0 unspecified atom stereocenters. The van der Waals surface area contributed by atoms with Gasteiger partial charge in [0.2, 0.25) is 11.8 Å². The van der Waals surface area contributed by atoms with E-state index in [9.17, 15) is 19.1 Å². The van der Waals surface area contributed by atoms with Gasteiger partial charge in [0.25, 0.3) is 0 Å². The Balaban J connectivity index is 2.40. The van der Waals surface area contributed by atoms with Crippen molar-refractivity contribution >= 4 is 11.8 Å². The van der Waals surface area contributed by atoms with Gasteiger partial charge in [0, 0.05) is 6.42 Å². The lowest BCUT2D eigenvalue weighted by molar-refractivity contribution is -0.128. The summed E-state index contributed by atoms with van der Waals surface area (Å²) in [6, 6.07) is 4.94. The summed E-state index contributed by atoms with van der Waals surface area (Å²) in [6.07, 6.45) is 1.01. The predicted molar refractivity (Wildman–Crippen MR) is 85.8 cm³/mol. The van der Waals surface area contributed by atoms with E-state index in [1.54, 1.807) is 0 Å². The molecule has 4 N–H and O–H groups in total. The Labute approximate surface area is 136 Å². The van der Waals surface area contributed by atoms with Gasteiger partial charge in [-0.3, -0.25) is 9.59 Å². The zero-order valence-electron chi connectivity index (χ0n) is 13.6. The molecule has 3 atom stereocenters. The molecule has 6 heteroatoms. The molecule has 0 saturated heterocycles. The minimum Gasteiger partial charge on any atom is -0.388 e. The summed E-state index contributed by atoms with van der Waals surface area (Å²) < 4.78 is 12.8. The molecule has 1 aromatic rings. The van der Waals surface area contributed by atoms with Crippen molar-refractivity contribution in [2.45, 2.75) is 51.7 Å². The van der Waals surface area contributed by atoms with Gasteiger partial charge in [-0.25, -0.2) is 4.39 Å². The molecule has 0 radical (unpaired) electrons. The number of rotatable bonds is 9. The first-order chi connectivity index (χ1) is 10.8. The third kappa shape index (κ3) is 6.36. The number of nitrogens with two attached hydrogens (primary N) is 1. The summed E-state index contributed by atoms with van der Waals surface area (Å²) >= 11 is 0. The van der Waals surface area contributed by atoms with E-state index in [1.165, 1.54) is 24.3 Å². The van der Waals surface area contributed by atoms with Crippen LogP contribution in [0.1, 0.15) is 51.2 Å². The van der Waals surface area contributed by atoms with Crippen molar-refractivity contribution in [1.29, 1.82) is 0 Å². The van der Waals surface area contributed by atoms with Gasteiger partial charge < -0.3 is 16.2 Å². The van der Waals surface area contributed by atoms with Gasteiger partial charge >= 0.3 is 0 Å². The Bertz CT molecular complexity index is 519. The number of amides is 2. The summed E-state index contributed by atoms with van der Waals surface area (Å²) in [6.45, 7) is 3.78. The molecule has 0 heterocycles. The zero-order valence-corrected chi connectivity index (χ0v) is 13.6. The Morgan fingerprint density at radius 1 is 1.30 bits per heavy atom. The highest BCUT2D eigenvalue weighted by Gasteiger charge is 2.23. The Morgan fingerprint density at radius 2 is 1.91 bits per heavy atom. The van der Waals surface area contributed by atoms with Crippen molar-refractivity contribution in [3.05, 3.63) is 35.6 Å². The summed E-state index contributed by atoms with van der Waals surface area (Å²) in [5.41, 5.74) is 5.91. The number of halogens is 1. The van der Waals surface area contributed by atoms with Crippen LogP contribution in [0.3, 0.4) is 0 Å². The molecule has 2 amide bonds. The Hall–Kier alpha value is -1.95. The van der Waals surface area contributed by atoms with E-state index >= 15 is 0 Å². The molecule has 128 valence electrons. The lowest BCUT2D eigenvalue weighted by Crippen LogP contribution is -2.48. The maximum Gasteiger partial charge on any atom is 0.240 e. The smallest absolute Gasteiger partial charge is 0.240 e. The molecule has 1 aromatic carbocycles. The average Bonchev–Trinajstić information content (AvgIpc) is 2.52. The van der Waals surface area contributed by atoms with Crippen molar-refractivity contribution in [1.82, 2.24) is 5.32 Å². The lowest BCUT2D eigenvalue weighted by Gasteiger charge is -2.21. The molecule has 0 spiro atoms. The monoisotopic (exact) mass is 324 g/mol. The van der Waals surface area contributed by atoms with E-state index in [0.29, 0.717) is 18.4 Å². The summed E-state index contributed by atoms with van der Waals surface area (Å²) in [5.74, 6) is -1.19. The molecule has 0 aliphatic rings. The number of nitrogens with one attached hydrogen (secondary N) is 1. The molecule has 1 rings (SSSR count). The van der Waals surface area contributed by atoms with Crippen LogP contribution < -0.4 is 11.1 Å². The zero-order chi connectivity index (χ0) is 17.4. The number of benzene rings is 1. The van der Waals surface area contributed by atoms with Crippen LogP contribution in [0.5, 0.6) is 0 Å². The highest BCUT2D eigenvalue weighted by molar-refractivity contribution is 5.86. The fraction of sp³-hybridized carbons (Fsp3) is 0.529. The second-order valence-electron chi connectivity index (χ2n) is 5.79. The molecular formula is C17H25FN2O3. The van der Waals surface area contributed by atoms with Gasteiger partial charge in [0.1, 0.15) is 11.9 Å². The summed E-state index contributed by atoms with van der Waals surface area (Å²) in [5, 5.41) is 12.6. The second kappa shape index (κ2) is 9.25. The van der Waals surface area contributed by atoms with E-state index in [-0.39, 0.29) is 24.1 Å². The number of carbonyl (C=O) groups excluding carboxylic acids is 2. The number of hydrogen-bond donors (Lipinski definition) is 3. The van der Waals surface area contributed by atoms with Crippen LogP contribution in [0.15, 0.2) is 24.3 Å². The van der Waals surface area contributed by atoms with Crippen molar-refractivity contribution < 1.29 is 19.1 Å². The number of primary amides is 1. The first-order valence-corrected chi connectivity index (χ1v) is 7.87. The number of aliphatic hydroxyl groups is 1. The van der Waals surface area contributed by atoms with Crippen LogP contribution in [0.25, 0.3) is 0 Å².